The van der Waals surface area contributed by atoms with Crippen molar-refractivity contribution in [2.75, 3.05) is 13.1 Å². The lowest BCUT2D eigenvalue weighted by Crippen LogP contribution is -2.44. The normalized spacial score (nSPS) is 20.1. The molecular formula is C22H28BrN3O3. The number of likely N-dealkylation sites (tertiary alicyclic amines) is 1. The number of hydrogen-bond acceptors (Lipinski definition) is 4. The van der Waals surface area contributed by atoms with Gasteiger partial charge in [-0.2, -0.15) is 0 Å². The van der Waals surface area contributed by atoms with Crippen molar-refractivity contribution in [3.8, 4) is 0 Å². The lowest BCUT2D eigenvalue weighted by atomic mass is 9.98. The highest BCUT2D eigenvalue weighted by molar-refractivity contribution is 9.10. The van der Waals surface area contributed by atoms with Crippen LogP contribution in [0.3, 0.4) is 0 Å². The summed E-state index contributed by atoms with van der Waals surface area (Å²) in [6, 6.07) is 5.68. The monoisotopic (exact) mass is 461 g/mol. The summed E-state index contributed by atoms with van der Waals surface area (Å²) in [5, 5.41) is 0.642. The van der Waals surface area contributed by atoms with E-state index in [2.05, 4.69) is 15.9 Å². The fourth-order valence-electron chi connectivity index (χ4n) is 4.00. The van der Waals surface area contributed by atoms with Gasteiger partial charge in [0.15, 0.2) is 0 Å². The maximum atomic E-state index is 13.3. The number of halogens is 1. The van der Waals surface area contributed by atoms with E-state index in [0.717, 1.165) is 41.5 Å². The van der Waals surface area contributed by atoms with Crippen molar-refractivity contribution >= 4 is 32.9 Å². The third-order valence-electron chi connectivity index (χ3n) is 5.50. The third kappa shape index (κ3) is 4.65. The number of nitrogens with zero attached hydrogens (tertiary/aromatic N) is 3. The topological polar surface area (TPSA) is 64.4 Å². The predicted octanol–water partition coefficient (Wildman–Crippen LogP) is 4.68. The van der Waals surface area contributed by atoms with Gasteiger partial charge in [-0.15, -0.1) is 0 Å². The van der Waals surface area contributed by atoms with Crippen LogP contribution >= 0.6 is 15.9 Å². The van der Waals surface area contributed by atoms with Crippen LogP contribution in [0, 0.1) is 5.92 Å². The van der Waals surface area contributed by atoms with Gasteiger partial charge in [-0.1, -0.05) is 15.9 Å². The maximum Gasteiger partial charge on any atom is 0.410 e. The molecule has 0 radical (unpaired) electrons. The van der Waals surface area contributed by atoms with Gasteiger partial charge >= 0.3 is 6.09 Å². The van der Waals surface area contributed by atoms with E-state index in [1.807, 2.05) is 43.5 Å². The molecule has 0 spiro atoms. The first-order valence-electron chi connectivity index (χ1n) is 10.4. The fraction of sp³-hybridized carbons (Fsp3) is 0.591. The SMILES string of the molecule is CC(C)(C)OC(=O)N1CCCC(Cn2c(C3CC3)nc3ccc(Br)cc3c2=O)C1. The van der Waals surface area contributed by atoms with E-state index in [1.54, 1.807) is 4.90 Å². The zero-order valence-electron chi connectivity index (χ0n) is 17.3. The molecule has 1 aliphatic carbocycles. The van der Waals surface area contributed by atoms with E-state index in [0.29, 0.717) is 30.9 Å². The number of ether oxygens (including phenoxy) is 1. The molecular weight excluding hydrogens is 434 g/mol. The molecule has 1 unspecified atom stereocenters. The quantitative estimate of drug-likeness (QED) is 0.665. The molecule has 0 N–H and O–H groups in total. The zero-order chi connectivity index (χ0) is 20.8. The smallest absolute Gasteiger partial charge is 0.410 e. The van der Waals surface area contributed by atoms with Gasteiger partial charge in [-0.05, 0) is 70.6 Å². The standard InChI is InChI=1S/C22H28BrN3O3/c1-22(2,3)29-21(28)25-10-4-5-14(12-25)13-26-19(15-6-7-15)24-18-9-8-16(23)11-17(18)20(26)27/h8-9,11,14-15H,4-7,10,12-13H2,1-3H3. The minimum absolute atomic E-state index is 0.0209. The summed E-state index contributed by atoms with van der Waals surface area (Å²) in [6.45, 7) is 7.56. The number of aromatic nitrogens is 2. The van der Waals surface area contributed by atoms with Gasteiger partial charge in [0.05, 0.1) is 10.9 Å². The first-order chi connectivity index (χ1) is 13.7. The van der Waals surface area contributed by atoms with Gasteiger partial charge in [0.1, 0.15) is 11.4 Å². The Hall–Kier alpha value is -1.89. The third-order valence-corrected chi connectivity index (χ3v) is 5.99. The van der Waals surface area contributed by atoms with Crippen LogP contribution < -0.4 is 5.56 Å². The van der Waals surface area contributed by atoms with Crippen molar-refractivity contribution in [1.82, 2.24) is 14.5 Å². The predicted molar refractivity (Wildman–Crippen MR) is 116 cm³/mol. The first-order valence-corrected chi connectivity index (χ1v) is 11.2. The summed E-state index contributed by atoms with van der Waals surface area (Å²) < 4.78 is 8.29. The lowest BCUT2D eigenvalue weighted by Gasteiger charge is -2.34. The van der Waals surface area contributed by atoms with Gasteiger partial charge in [0.25, 0.3) is 5.56 Å². The van der Waals surface area contributed by atoms with E-state index >= 15 is 0 Å². The van der Waals surface area contributed by atoms with Crippen LogP contribution in [0.5, 0.6) is 0 Å². The number of piperidine rings is 1. The molecule has 156 valence electrons. The average Bonchev–Trinajstić information content (AvgIpc) is 3.48. The summed E-state index contributed by atoms with van der Waals surface area (Å²) in [7, 11) is 0. The molecule has 1 aromatic carbocycles. The highest BCUT2D eigenvalue weighted by Gasteiger charge is 2.32. The Bertz CT molecular complexity index is 991. The summed E-state index contributed by atoms with van der Waals surface area (Å²) in [6.07, 6.45) is 3.82. The fourth-order valence-corrected chi connectivity index (χ4v) is 4.37. The molecule has 1 amide bonds. The summed E-state index contributed by atoms with van der Waals surface area (Å²) in [5.74, 6) is 1.50. The molecule has 6 nitrogen and oxygen atoms in total. The van der Waals surface area contributed by atoms with Crippen molar-refractivity contribution in [3.05, 3.63) is 38.9 Å². The molecule has 1 aromatic heterocycles. The Morgan fingerprint density at radius 3 is 2.72 bits per heavy atom. The van der Waals surface area contributed by atoms with Crippen molar-refractivity contribution in [1.29, 1.82) is 0 Å². The van der Waals surface area contributed by atoms with Gasteiger partial charge in [0.2, 0.25) is 0 Å². The van der Waals surface area contributed by atoms with Crippen LogP contribution in [-0.2, 0) is 11.3 Å². The van der Waals surface area contributed by atoms with Gasteiger partial charge < -0.3 is 9.64 Å². The molecule has 2 heterocycles. The number of carbonyl (C=O) groups is 1. The molecule has 1 saturated heterocycles. The van der Waals surface area contributed by atoms with Gasteiger partial charge in [-0.3, -0.25) is 9.36 Å². The van der Waals surface area contributed by atoms with Gasteiger partial charge in [-0.25, -0.2) is 9.78 Å². The molecule has 1 atom stereocenters. The Morgan fingerprint density at radius 2 is 2.03 bits per heavy atom. The number of hydrogen-bond donors (Lipinski definition) is 0. The molecule has 4 rings (SSSR count). The van der Waals surface area contributed by atoms with Crippen LogP contribution in [0.15, 0.2) is 27.5 Å². The number of fused-ring (bicyclic) bond motifs is 1. The summed E-state index contributed by atoms with van der Waals surface area (Å²) in [4.78, 5) is 32.4. The van der Waals surface area contributed by atoms with E-state index in [1.165, 1.54) is 0 Å². The van der Waals surface area contributed by atoms with Crippen molar-refractivity contribution in [2.45, 2.75) is 64.5 Å². The van der Waals surface area contributed by atoms with Gasteiger partial charge in [0, 0.05) is 30.0 Å². The van der Waals surface area contributed by atoms with Crippen molar-refractivity contribution < 1.29 is 9.53 Å². The Balaban J connectivity index is 1.60. The van der Waals surface area contributed by atoms with Crippen molar-refractivity contribution in [2.24, 2.45) is 5.92 Å². The van der Waals surface area contributed by atoms with Crippen LogP contribution in [0.1, 0.15) is 58.2 Å². The molecule has 1 saturated carbocycles. The molecule has 1 aliphatic heterocycles. The van der Waals surface area contributed by atoms with Crippen LogP contribution in [0.4, 0.5) is 4.79 Å². The second kappa shape index (κ2) is 7.74. The Morgan fingerprint density at radius 1 is 1.28 bits per heavy atom. The first kappa shape index (κ1) is 20.4. The molecule has 29 heavy (non-hydrogen) atoms. The Labute approximate surface area is 179 Å². The second-order valence-corrected chi connectivity index (χ2v) is 10.2. The average molecular weight is 462 g/mol. The van der Waals surface area contributed by atoms with Crippen LogP contribution in [0.2, 0.25) is 0 Å². The van der Waals surface area contributed by atoms with Crippen molar-refractivity contribution in [3.63, 3.8) is 0 Å². The van der Waals surface area contributed by atoms with Crippen LogP contribution in [-0.4, -0.2) is 39.2 Å². The number of rotatable bonds is 3. The molecule has 2 aliphatic rings. The maximum absolute atomic E-state index is 13.3. The molecule has 7 heteroatoms. The minimum atomic E-state index is -0.504. The largest absolute Gasteiger partial charge is 0.444 e. The molecule has 2 fully saturated rings. The summed E-state index contributed by atoms with van der Waals surface area (Å²) in [5.41, 5.74) is 0.276. The van der Waals surface area contributed by atoms with Crippen LogP contribution in [0.25, 0.3) is 10.9 Å². The van der Waals surface area contributed by atoms with E-state index in [-0.39, 0.29) is 17.6 Å². The molecule has 2 aromatic rings. The minimum Gasteiger partial charge on any atom is -0.444 e. The number of carbonyl (C=O) groups excluding carboxylic acids is 1. The summed E-state index contributed by atoms with van der Waals surface area (Å²) >= 11 is 3.46. The zero-order valence-corrected chi connectivity index (χ0v) is 18.9. The molecule has 0 bridgehead atoms. The number of amides is 1. The van der Waals surface area contributed by atoms with E-state index < -0.39 is 5.60 Å². The van der Waals surface area contributed by atoms with E-state index in [4.69, 9.17) is 9.72 Å². The highest BCUT2D eigenvalue weighted by Crippen LogP contribution is 2.39. The lowest BCUT2D eigenvalue weighted by molar-refractivity contribution is 0.0156. The highest BCUT2D eigenvalue weighted by atomic mass is 79.9. The second-order valence-electron chi connectivity index (χ2n) is 9.26. The number of benzene rings is 1. The Kier molecular flexibility index (Phi) is 5.44. The van der Waals surface area contributed by atoms with E-state index in [9.17, 15) is 9.59 Å².